The third kappa shape index (κ3) is 3.28. The number of anilines is 1. The van der Waals surface area contributed by atoms with Crippen LogP contribution in [0.15, 0.2) is 48.7 Å². The minimum absolute atomic E-state index is 0.238. The van der Waals surface area contributed by atoms with Gasteiger partial charge in [-0.2, -0.15) is 0 Å². The monoisotopic (exact) mass is 337 g/mol. The Bertz CT molecular complexity index is 895. The first kappa shape index (κ1) is 15.8. The quantitative estimate of drug-likeness (QED) is 0.676. The fraction of sp³-hybridized carbons (Fsp3) is 0.250. The summed E-state index contributed by atoms with van der Waals surface area (Å²) in [7, 11) is 0. The number of rotatable bonds is 3. The summed E-state index contributed by atoms with van der Waals surface area (Å²) in [5.74, 6) is -0.0479. The lowest BCUT2D eigenvalue weighted by atomic mass is 9.90. The molecule has 128 valence electrons. The summed E-state index contributed by atoms with van der Waals surface area (Å²) in [6, 6.07) is 11.4. The standard InChI is InChI=1S/C20H20FN3O/c21-15-3-1-14(2-4-15)20(25)24-16-5-6-19-17(11-16)18(12-23-19)13-7-9-22-10-8-13/h1-6,11-13,22-23H,7-10H2,(H,24,25). The second-order valence-electron chi connectivity index (χ2n) is 6.49. The Morgan fingerprint density at radius 1 is 1.08 bits per heavy atom. The summed E-state index contributed by atoms with van der Waals surface area (Å²) in [6.45, 7) is 2.08. The second-order valence-corrected chi connectivity index (χ2v) is 6.49. The topological polar surface area (TPSA) is 56.9 Å². The molecule has 1 aromatic heterocycles. The van der Waals surface area contributed by atoms with Gasteiger partial charge in [0.05, 0.1) is 0 Å². The molecule has 0 spiro atoms. The summed E-state index contributed by atoms with van der Waals surface area (Å²) >= 11 is 0. The highest BCUT2D eigenvalue weighted by Crippen LogP contribution is 2.32. The van der Waals surface area contributed by atoms with Gasteiger partial charge in [0.15, 0.2) is 0 Å². The van der Waals surface area contributed by atoms with E-state index in [-0.39, 0.29) is 11.7 Å². The molecule has 4 nitrogen and oxygen atoms in total. The molecule has 2 heterocycles. The number of carbonyl (C=O) groups is 1. The zero-order valence-corrected chi connectivity index (χ0v) is 13.8. The van der Waals surface area contributed by atoms with Crippen LogP contribution in [-0.2, 0) is 0 Å². The average molecular weight is 337 g/mol. The number of amides is 1. The first-order chi connectivity index (χ1) is 12.2. The van der Waals surface area contributed by atoms with Crippen LogP contribution in [0, 0.1) is 5.82 Å². The molecular formula is C20H20FN3O. The minimum atomic E-state index is -0.350. The van der Waals surface area contributed by atoms with Crippen LogP contribution >= 0.6 is 0 Å². The van der Waals surface area contributed by atoms with Gasteiger partial charge >= 0.3 is 0 Å². The fourth-order valence-electron chi connectivity index (χ4n) is 3.50. The van der Waals surface area contributed by atoms with E-state index < -0.39 is 0 Å². The molecule has 0 bridgehead atoms. The molecular weight excluding hydrogens is 317 g/mol. The average Bonchev–Trinajstić information content (AvgIpc) is 3.06. The molecule has 1 aliphatic rings. The number of aromatic nitrogens is 1. The van der Waals surface area contributed by atoms with E-state index in [4.69, 9.17) is 0 Å². The zero-order chi connectivity index (χ0) is 17.2. The number of piperidine rings is 1. The van der Waals surface area contributed by atoms with Crippen LogP contribution in [0.4, 0.5) is 10.1 Å². The second kappa shape index (κ2) is 6.69. The Balaban J connectivity index is 1.59. The molecule has 1 fully saturated rings. The summed E-state index contributed by atoms with van der Waals surface area (Å²) in [6.07, 6.45) is 4.34. The van der Waals surface area contributed by atoms with Crippen LogP contribution in [0.3, 0.4) is 0 Å². The minimum Gasteiger partial charge on any atom is -0.361 e. The van der Waals surface area contributed by atoms with Crippen LogP contribution in [0.25, 0.3) is 10.9 Å². The Morgan fingerprint density at radius 2 is 1.84 bits per heavy atom. The van der Waals surface area contributed by atoms with Crippen molar-refractivity contribution in [3.63, 3.8) is 0 Å². The Kier molecular flexibility index (Phi) is 4.24. The van der Waals surface area contributed by atoms with Gasteiger partial charge in [-0.3, -0.25) is 4.79 Å². The number of fused-ring (bicyclic) bond motifs is 1. The molecule has 25 heavy (non-hydrogen) atoms. The molecule has 4 rings (SSSR count). The molecule has 1 aliphatic heterocycles. The summed E-state index contributed by atoms with van der Waals surface area (Å²) in [5, 5.41) is 7.45. The number of benzene rings is 2. The van der Waals surface area contributed by atoms with Crippen molar-refractivity contribution in [1.82, 2.24) is 10.3 Å². The highest BCUT2D eigenvalue weighted by molar-refractivity contribution is 6.05. The van der Waals surface area contributed by atoms with E-state index in [1.807, 2.05) is 18.2 Å². The van der Waals surface area contributed by atoms with E-state index >= 15 is 0 Å². The van der Waals surface area contributed by atoms with Gasteiger partial charge in [0.2, 0.25) is 0 Å². The Labute approximate surface area is 145 Å². The van der Waals surface area contributed by atoms with E-state index in [0.717, 1.165) is 42.5 Å². The number of halogens is 1. The predicted octanol–water partition coefficient (Wildman–Crippen LogP) is 4.03. The lowest BCUT2D eigenvalue weighted by Crippen LogP contribution is -2.26. The number of H-pyrrole nitrogens is 1. The van der Waals surface area contributed by atoms with Crippen molar-refractivity contribution in [2.75, 3.05) is 18.4 Å². The van der Waals surface area contributed by atoms with Crippen molar-refractivity contribution in [2.45, 2.75) is 18.8 Å². The number of hydrogen-bond acceptors (Lipinski definition) is 2. The van der Waals surface area contributed by atoms with Gasteiger partial charge in [0.25, 0.3) is 5.91 Å². The van der Waals surface area contributed by atoms with Gasteiger partial charge in [-0.05, 0) is 79.9 Å². The van der Waals surface area contributed by atoms with Crippen molar-refractivity contribution in [1.29, 1.82) is 0 Å². The largest absolute Gasteiger partial charge is 0.361 e. The molecule has 2 aromatic carbocycles. The first-order valence-corrected chi connectivity index (χ1v) is 8.59. The van der Waals surface area contributed by atoms with Crippen LogP contribution in [0.5, 0.6) is 0 Å². The Morgan fingerprint density at radius 3 is 2.60 bits per heavy atom. The molecule has 0 saturated carbocycles. The number of nitrogens with one attached hydrogen (secondary N) is 3. The first-order valence-electron chi connectivity index (χ1n) is 8.59. The van der Waals surface area contributed by atoms with Gasteiger partial charge < -0.3 is 15.6 Å². The molecule has 1 saturated heterocycles. The van der Waals surface area contributed by atoms with Crippen molar-refractivity contribution in [2.24, 2.45) is 0 Å². The molecule has 5 heteroatoms. The van der Waals surface area contributed by atoms with E-state index in [0.29, 0.717) is 11.5 Å². The highest BCUT2D eigenvalue weighted by atomic mass is 19.1. The van der Waals surface area contributed by atoms with Crippen LogP contribution in [0.1, 0.15) is 34.7 Å². The van der Waals surface area contributed by atoms with Crippen molar-refractivity contribution in [3.05, 3.63) is 65.6 Å². The SMILES string of the molecule is O=C(Nc1ccc2[nH]cc(C3CCNCC3)c2c1)c1ccc(F)cc1. The smallest absolute Gasteiger partial charge is 0.255 e. The maximum atomic E-state index is 13.0. The maximum absolute atomic E-state index is 13.0. The third-order valence-electron chi connectivity index (χ3n) is 4.86. The number of hydrogen-bond donors (Lipinski definition) is 3. The van der Waals surface area contributed by atoms with Crippen LogP contribution < -0.4 is 10.6 Å². The normalized spacial score (nSPS) is 15.4. The summed E-state index contributed by atoms with van der Waals surface area (Å²) in [5.41, 5.74) is 3.58. The van der Waals surface area contributed by atoms with Crippen LogP contribution in [0.2, 0.25) is 0 Å². The van der Waals surface area contributed by atoms with Gasteiger partial charge in [0.1, 0.15) is 5.82 Å². The molecule has 0 radical (unpaired) electrons. The lowest BCUT2D eigenvalue weighted by Gasteiger charge is -2.22. The van der Waals surface area contributed by atoms with Gasteiger partial charge in [-0.15, -0.1) is 0 Å². The van der Waals surface area contributed by atoms with E-state index in [2.05, 4.69) is 21.8 Å². The van der Waals surface area contributed by atoms with E-state index in [1.54, 1.807) is 0 Å². The van der Waals surface area contributed by atoms with Crippen molar-refractivity contribution < 1.29 is 9.18 Å². The number of aromatic amines is 1. The molecule has 0 unspecified atom stereocenters. The molecule has 3 N–H and O–H groups in total. The zero-order valence-electron chi connectivity index (χ0n) is 13.8. The maximum Gasteiger partial charge on any atom is 0.255 e. The highest BCUT2D eigenvalue weighted by Gasteiger charge is 2.19. The van der Waals surface area contributed by atoms with Crippen LogP contribution in [-0.4, -0.2) is 24.0 Å². The van der Waals surface area contributed by atoms with Gasteiger partial charge in [0, 0.05) is 28.4 Å². The molecule has 0 aliphatic carbocycles. The Hall–Kier alpha value is -2.66. The van der Waals surface area contributed by atoms with Gasteiger partial charge in [-0.25, -0.2) is 4.39 Å². The number of carbonyl (C=O) groups excluding carboxylic acids is 1. The molecule has 0 atom stereocenters. The molecule has 3 aromatic rings. The third-order valence-corrected chi connectivity index (χ3v) is 4.86. The lowest BCUT2D eigenvalue weighted by molar-refractivity contribution is 0.102. The summed E-state index contributed by atoms with van der Waals surface area (Å²) < 4.78 is 13.0. The van der Waals surface area contributed by atoms with Crippen molar-refractivity contribution in [3.8, 4) is 0 Å². The van der Waals surface area contributed by atoms with E-state index in [1.165, 1.54) is 29.8 Å². The van der Waals surface area contributed by atoms with Gasteiger partial charge in [-0.1, -0.05) is 0 Å². The molecule has 1 amide bonds. The van der Waals surface area contributed by atoms with E-state index in [9.17, 15) is 9.18 Å². The van der Waals surface area contributed by atoms with Crippen molar-refractivity contribution >= 4 is 22.5 Å². The summed E-state index contributed by atoms with van der Waals surface area (Å²) in [4.78, 5) is 15.7. The fourth-order valence-corrected chi connectivity index (χ4v) is 3.50. The predicted molar refractivity (Wildman–Crippen MR) is 97.5 cm³/mol.